The van der Waals surface area contributed by atoms with Crippen LogP contribution >= 0.6 is 0 Å². The van der Waals surface area contributed by atoms with Crippen molar-refractivity contribution in [2.24, 2.45) is 11.7 Å². The van der Waals surface area contributed by atoms with Crippen LogP contribution in [-0.2, 0) is 6.18 Å². The van der Waals surface area contributed by atoms with Crippen LogP contribution in [0.2, 0.25) is 0 Å². The number of rotatable bonds is 2. The first-order valence-corrected chi connectivity index (χ1v) is 5.47. The van der Waals surface area contributed by atoms with E-state index in [0.717, 1.165) is 12.3 Å². The quantitative estimate of drug-likeness (QED) is 0.870. The number of nitrogens with two attached hydrogens (primary N) is 1. The average molecular weight is 258 g/mol. The van der Waals surface area contributed by atoms with Crippen molar-refractivity contribution < 1.29 is 13.2 Å². The van der Waals surface area contributed by atoms with Gasteiger partial charge in [-0.2, -0.15) is 13.2 Å². The van der Waals surface area contributed by atoms with Gasteiger partial charge in [0.15, 0.2) is 5.65 Å². The predicted molar refractivity (Wildman–Crippen MR) is 60.7 cm³/mol. The second-order valence-electron chi connectivity index (χ2n) is 4.48. The van der Waals surface area contributed by atoms with Gasteiger partial charge in [-0.3, -0.25) is 0 Å². The van der Waals surface area contributed by atoms with Crippen LogP contribution in [0.15, 0.2) is 12.3 Å². The van der Waals surface area contributed by atoms with Crippen LogP contribution in [0.3, 0.4) is 0 Å². The number of hydrogen-bond acceptors (Lipinski definition) is 3. The van der Waals surface area contributed by atoms with Gasteiger partial charge in [-0.15, -0.1) is 0 Å². The number of halogens is 3. The van der Waals surface area contributed by atoms with E-state index in [1.165, 1.54) is 0 Å². The minimum absolute atomic E-state index is 0.132. The monoisotopic (exact) mass is 258 g/mol. The number of nitrogens with zero attached hydrogens (tertiary/aromatic N) is 2. The molecule has 0 bridgehead atoms. The maximum atomic E-state index is 12.5. The van der Waals surface area contributed by atoms with Crippen molar-refractivity contribution in [2.45, 2.75) is 26.1 Å². The van der Waals surface area contributed by atoms with E-state index >= 15 is 0 Å². The molecule has 4 nitrogen and oxygen atoms in total. The van der Waals surface area contributed by atoms with E-state index in [-0.39, 0.29) is 23.1 Å². The lowest BCUT2D eigenvalue weighted by Gasteiger charge is -2.11. The molecule has 0 aliphatic rings. The van der Waals surface area contributed by atoms with Gasteiger partial charge in [0.1, 0.15) is 5.82 Å². The van der Waals surface area contributed by atoms with E-state index in [2.05, 4.69) is 15.0 Å². The van der Waals surface area contributed by atoms with E-state index in [1.54, 1.807) is 0 Å². The Bertz CT molecular complexity index is 559. The van der Waals surface area contributed by atoms with Gasteiger partial charge in [0.2, 0.25) is 0 Å². The van der Waals surface area contributed by atoms with E-state index in [4.69, 9.17) is 5.73 Å². The highest BCUT2D eigenvalue weighted by atomic mass is 19.4. The van der Waals surface area contributed by atoms with Gasteiger partial charge in [-0.05, 0) is 12.0 Å². The number of aromatic nitrogens is 3. The van der Waals surface area contributed by atoms with Crippen molar-refractivity contribution in [3.8, 4) is 0 Å². The molecule has 18 heavy (non-hydrogen) atoms. The number of imidazole rings is 1. The highest BCUT2D eigenvalue weighted by Crippen LogP contribution is 2.30. The summed E-state index contributed by atoms with van der Waals surface area (Å²) in [4.78, 5) is 10.6. The van der Waals surface area contributed by atoms with Crippen molar-refractivity contribution in [1.29, 1.82) is 0 Å². The molecular formula is C11H13F3N4. The summed E-state index contributed by atoms with van der Waals surface area (Å²) in [5.41, 5.74) is 5.57. The fourth-order valence-electron chi connectivity index (χ4n) is 1.55. The van der Waals surface area contributed by atoms with Crippen LogP contribution in [0.1, 0.15) is 31.3 Å². The Kier molecular flexibility index (Phi) is 3.02. The summed E-state index contributed by atoms with van der Waals surface area (Å²) < 4.78 is 37.5. The average Bonchev–Trinajstić information content (AvgIpc) is 2.68. The number of aromatic amines is 1. The molecule has 0 spiro atoms. The number of pyridine rings is 1. The van der Waals surface area contributed by atoms with Crippen LogP contribution in [-0.4, -0.2) is 15.0 Å². The summed E-state index contributed by atoms with van der Waals surface area (Å²) >= 11 is 0. The molecular weight excluding hydrogens is 245 g/mol. The lowest BCUT2D eigenvalue weighted by atomic mass is 10.1. The van der Waals surface area contributed by atoms with Gasteiger partial charge in [-0.25, -0.2) is 9.97 Å². The van der Waals surface area contributed by atoms with E-state index < -0.39 is 11.7 Å². The highest BCUT2D eigenvalue weighted by molar-refractivity contribution is 5.71. The van der Waals surface area contributed by atoms with Crippen LogP contribution in [0, 0.1) is 5.92 Å². The summed E-state index contributed by atoms with van der Waals surface area (Å²) in [5.74, 6) is 0.583. The molecule has 1 atom stereocenters. The largest absolute Gasteiger partial charge is 0.417 e. The highest BCUT2D eigenvalue weighted by Gasteiger charge is 2.31. The Labute approximate surface area is 101 Å². The minimum atomic E-state index is -4.41. The van der Waals surface area contributed by atoms with Gasteiger partial charge in [-0.1, -0.05) is 13.8 Å². The molecule has 2 rings (SSSR count). The summed E-state index contributed by atoms with van der Waals surface area (Å²) in [6.07, 6.45) is -3.64. The Morgan fingerprint density at radius 3 is 2.56 bits per heavy atom. The fourth-order valence-corrected chi connectivity index (χ4v) is 1.55. The van der Waals surface area contributed by atoms with Gasteiger partial charge in [0.25, 0.3) is 0 Å². The number of hydrogen-bond donors (Lipinski definition) is 2. The number of alkyl halides is 3. The first-order valence-electron chi connectivity index (χ1n) is 5.47. The maximum Gasteiger partial charge on any atom is 0.417 e. The first-order chi connectivity index (χ1) is 8.29. The van der Waals surface area contributed by atoms with E-state index in [9.17, 15) is 13.2 Å². The molecule has 0 aromatic carbocycles. The summed E-state index contributed by atoms with van der Waals surface area (Å²) in [7, 11) is 0. The van der Waals surface area contributed by atoms with Crippen molar-refractivity contribution in [3.05, 3.63) is 23.7 Å². The van der Waals surface area contributed by atoms with Gasteiger partial charge >= 0.3 is 6.18 Å². The molecule has 0 amide bonds. The summed E-state index contributed by atoms with van der Waals surface area (Å²) in [5, 5.41) is 0. The molecule has 0 aliphatic heterocycles. The van der Waals surface area contributed by atoms with E-state index in [1.807, 2.05) is 13.8 Å². The Balaban J connectivity index is 2.46. The molecule has 0 saturated heterocycles. The molecule has 2 aromatic rings. The van der Waals surface area contributed by atoms with Crippen molar-refractivity contribution in [1.82, 2.24) is 15.0 Å². The predicted octanol–water partition coefficient (Wildman–Crippen LogP) is 2.63. The van der Waals surface area contributed by atoms with Gasteiger partial charge in [0, 0.05) is 6.20 Å². The summed E-state index contributed by atoms with van der Waals surface area (Å²) in [6.45, 7) is 3.82. The van der Waals surface area contributed by atoms with Gasteiger partial charge < -0.3 is 10.7 Å². The van der Waals surface area contributed by atoms with Crippen molar-refractivity contribution >= 4 is 11.2 Å². The minimum Gasteiger partial charge on any atom is -0.339 e. The standard InChI is InChI=1S/C11H13F3N4/c1-5(2)8(15)10-17-7-3-6(11(12,13)14)4-16-9(7)18-10/h3-5,8H,15H2,1-2H3,(H,16,17,18)/t8-/m0/s1. The maximum absolute atomic E-state index is 12.5. The van der Waals surface area contributed by atoms with Gasteiger partial charge in [0.05, 0.1) is 17.1 Å². The molecule has 0 fully saturated rings. The lowest BCUT2D eigenvalue weighted by Crippen LogP contribution is -2.18. The fraction of sp³-hybridized carbons (Fsp3) is 0.455. The van der Waals surface area contributed by atoms with Crippen LogP contribution in [0.5, 0.6) is 0 Å². The third-order valence-electron chi connectivity index (χ3n) is 2.72. The van der Waals surface area contributed by atoms with Crippen LogP contribution in [0.25, 0.3) is 11.2 Å². The second-order valence-corrected chi connectivity index (χ2v) is 4.48. The number of nitrogens with one attached hydrogen (secondary N) is 1. The smallest absolute Gasteiger partial charge is 0.339 e. The summed E-state index contributed by atoms with van der Waals surface area (Å²) in [6, 6.07) is 0.639. The van der Waals surface area contributed by atoms with Crippen molar-refractivity contribution in [2.75, 3.05) is 0 Å². The molecule has 7 heteroatoms. The normalized spacial score (nSPS) is 14.4. The lowest BCUT2D eigenvalue weighted by molar-refractivity contribution is -0.137. The Hall–Kier alpha value is -1.63. The number of H-pyrrole nitrogens is 1. The van der Waals surface area contributed by atoms with E-state index in [0.29, 0.717) is 5.82 Å². The topological polar surface area (TPSA) is 67.6 Å². The Morgan fingerprint density at radius 2 is 2.00 bits per heavy atom. The number of fused-ring (bicyclic) bond motifs is 1. The molecule has 3 N–H and O–H groups in total. The SMILES string of the molecule is CC(C)[C@H](N)c1nc2ncc(C(F)(F)F)cc2[nH]1. The Morgan fingerprint density at radius 1 is 1.33 bits per heavy atom. The molecule has 0 radical (unpaired) electrons. The molecule has 2 heterocycles. The van der Waals surface area contributed by atoms with Crippen molar-refractivity contribution in [3.63, 3.8) is 0 Å². The molecule has 0 saturated carbocycles. The first kappa shape index (κ1) is 12.8. The van der Waals surface area contributed by atoms with Crippen LogP contribution < -0.4 is 5.73 Å². The third kappa shape index (κ3) is 2.31. The van der Waals surface area contributed by atoms with Crippen LogP contribution in [0.4, 0.5) is 13.2 Å². The zero-order chi connectivity index (χ0) is 13.5. The molecule has 0 aliphatic carbocycles. The molecule has 98 valence electrons. The third-order valence-corrected chi connectivity index (χ3v) is 2.72. The molecule has 2 aromatic heterocycles. The second kappa shape index (κ2) is 4.24. The zero-order valence-electron chi connectivity index (χ0n) is 9.92. The zero-order valence-corrected chi connectivity index (χ0v) is 9.92. The molecule has 0 unspecified atom stereocenters.